The summed E-state index contributed by atoms with van der Waals surface area (Å²) in [6.45, 7) is 2.45. The number of hydrogen-bond donors (Lipinski definition) is 2. The number of hydrogen-bond acceptors (Lipinski definition) is 5. The Morgan fingerprint density at radius 2 is 2.14 bits per heavy atom. The van der Waals surface area contributed by atoms with Gasteiger partial charge in [0.1, 0.15) is 5.82 Å². The predicted octanol–water partition coefficient (Wildman–Crippen LogP) is 2.01. The highest BCUT2D eigenvalue weighted by Crippen LogP contribution is 2.20. The number of aliphatic hydroxyl groups is 1. The van der Waals surface area contributed by atoms with E-state index in [2.05, 4.69) is 15.5 Å². The fraction of sp³-hybridized carbons (Fsp3) is 0.333. The Balaban J connectivity index is 2.10. The molecule has 2 N–H and O–H groups in total. The Hall–Kier alpha value is -2.05. The molecule has 112 valence electrons. The molecular weight excluding hydrogens is 273 g/mol. The van der Waals surface area contributed by atoms with Crippen LogP contribution in [0.25, 0.3) is 11.3 Å². The zero-order valence-corrected chi connectivity index (χ0v) is 12.0. The standard InChI is InChI=1S/C15H18FN3O2/c1-10-6-14(11-4-3-5-12(16)7-11)18-19-15(10)17-8-13(20)9-21-2/h3-7,13,20H,8-9H2,1-2H3,(H,17,19)/t13-/m0/s1. The molecule has 21 heavy (non-hydrogen) atoms. The van der Waals surface area contributed by atoms with E-state index in [9.17, 15) is 9.50 Å². The second kappa shape index (κ2) is 7.10. The van der Waals surface area contributed by atoms with Crippen molar-refractivity contribution >= 4 is 5.82 Å². The minimum absolute atomic E-state index is 0.251. The largest absolute Gasteiger partial charge is 0.389 e. The summed E-state index contributed by atoms with van der Waals surface area (Å²) < 4.78 is 18.1. The molecular formula is C15H18FN3O2. The number of halogens is 1. The summed E-state index contributed by atoms with van der Waals surface area (Å²) in [6, 6.07) is 8.04. The van der Waals surface area contributed by atoms with Gasteiger partial charge in [0.15, 0.2) is 5.82 Å². The molecule has 0 saturated heterocycles. The highest BCUT2D eigenvalue weighted by Gasteiger charge is 2.08. The molecule has 0 aliphatic carbocycles. The van der Waals surface area contributed by atoms with Gasteiger partial charge in [0.25, 0.3) is 0 Å². The zero-order valence-electron chi connectivity index (χ0n) is 12.0. The van der Waals surface area contributed by atoms with Crippen LogP contribution in [0.2, 0.25) is 0 Å². The van der Waals surface area contributed by atoms with Gasteiger partial charge in [0, 0.05) is 19.2 Å². The topological polar surface area (TPSA) is 67.3 Å². The van der Waals surface area contributed by atoms with Gasteiger partial charge in [0.2, 0.25) is 0 Å². The quantitative estimate of drug-likeness (QED) is 0.852. The van der Waals surface area contributed by atoms with Crippen LogP contribution in [0.1, 0.15) is 5.56 Å². The first kappa shape index (κ1) is 15.3. The Kier molecular flexibility index (Phi) is 5.19. The van der Waals surface area contributed by atoms with Crippen molar-refractivity contribution in [2.75, 3.05) is 25.6 Å². The first-order valence-electron chi connectivity index (χ1n) is 6.61. The van der Waals surface area contributed by atoms with Crippen LogP contribution in [0, 0.1) is 12.7 Å². The van der Waals surface area contributed by atoms with E-state index in [0.29, 0.717) is 23.6 Å². The number of ether oxygens (including phenoxy) is 1. The molecule has 2 aromatic rings. The van der Waals surface area contributed by atoms with E-state index >= 15 is 0 Å². The van der Waals surface area contributed by atoms with Crippen molar-refractivity contribution in [2.24, 2.45) is 0 Å². The average Bonchev–Trinajstić information content (AvgIpc) is 2.46. The lowest BCUT2D eigenvalue weighted by Crippen LogP contribution is -2.24. The second-order valence-corrected chi connectivity index (χ2v) is 4.76. The Morgan fingerprint density at radius 1 is 1.33 bits per heavy atom. The molecule has 5 nitrogen and oxygen atoms in total. The van der Waals surface area contributed by atoms with Gasteiger partial charge in [-0.3, -0.25) is 0 Å². The molecule has 2 rings (SSSR count). The van der Waals surface area contributed by atoms with E-state index < -0.39 is 6.10 Å². The summed E-state index contributed by atoms with van der Waals surface area (Å²) in [6.07, 6.45) is -0.612. The first-order chi connectivity index (χ1) is 10.1. The SMILES string of the molecule is COC[C@@H](O)CNc1nnc(-c2cccc(F)c2)cc1C. The van der Waals surface area contributed by atoms with E-state index in [0.717, 1.165) is 5.56 Å². The van der Waals surface area contributed by atoms with Crippen LogP contribution in [-0.2, 0) is 4.74 Å². The number of benzene rings is 1. The highest BCUT2D eigenvalue weighted by atomic mass is 19.1. The molecule has 0 aliphatic rings. The highest BCUT2D eigenvalue weighted by molar-refractivity contribution is 5.61. The summed E-state index contributed by atoms with van der Waals surface area (Å²) in [7, 11) is 1.53. The summed E-state index contributed by atoms with van der Waals surface area (Å²) in [5, 5.41) is 20.8. The lowest BCUT2D eigenvalue weighted by atomic mass is 10.1. The number of aromatic nitrogens is 2. The molecule has 0 radical (unpaired) electrons. The van der Waals surface area contributed by atoms with Gasteiger partial charge in [-0.25, -0.2) is 4.39 Å². The third-order valence-electron chi connectivity index (χ3n) is 2.97. The van der Waals surface area contributed by atoms with E-state index in [1.165, 1.54) is 19.2 Å². The lowest BCUT2D eigenvalue weighted by Gasteiger charge is -2.12. The molecule has 1 atom stereocenters. The third-order valence-corrected chi connectivity index (χ3v) is 2.97. The minimum Gasteiger partial charge on any atom is -0.389 e. The monoisotopic (exact) mass is 291 g/mol. The Bertz CT molecular complexity index is 607. The molecule has 0 spiro atoms. The van der Waals surface area contributed by atoms with Gasteiger partial charge >= 0.3 is 0 Å². The van der Waals surface area contributed by atoms with Crippen LogP contribution in [0.5, 0.6) is 0 Å². The molecule has 0 saturated carbocycles. The van der Waals surface area contributed by atoms with E-state index in [1.807, 2.05) is 13.0 Å². The van der Waals surface area contributed by atoms with Gasteiger partial charge < -0.3 is 15.2 Å². The summed E-state index contributed by atoms with van der Waals surface area (Å²) in [5.74, 6) is 0.280. The Labute approximate surface area is 122 Å². The zero-order chi connectivity index (χ0) is 15.2. The number of methoxy groups -OCH3 is 1. The summed E-state index contributed by atoms with van der Waals surface area (Å²) in [5.41, 5.74) is 2.15. The van der Waals surface area contributed by atoms with Crippen LogP contribution in [-0.4, -0.2) is 41.7 Å². The number of anilines is 1. The van der Waals surface area contributed by atoms with Gasteiger partial charge in [-0.05, 0) is 30.7 Å². The van der Waals surface area contributed by atoms with Crippen molar-refractivity contribution in [1.82, 2.24) is 10.2 Å². The fourth-order valence-corrected chi connectivity index (χ4v) is 1.91. The second-order valence-electron chi connectivity index (χ2n) is 4.76. The molecule has 0 bridgehead atoms. The van der Waals surface area contributed by atoms with Crippen LogP contribution in [0.15, 0.2) is 30.3 Å². The van der Waals surface area contributed by atoms with E-state index in [1.54, 1.807) is 12.1 Å². The fourth-order valence-electron chi connectivity index (χ4n) is 1.91. The molecule has 1 aromatic carbocycles. The van der Waals surface area contributed by atoms with Crippen LogP contribution in [0.4, 0.5) is 10.2 Å². The Morgan fingerprint density at radius 3 is 2.81 bits per heavy atom. The molecule has 0 amide bonds. The number of nitrogens with one attached hydrogen (secondary N) is 1. The normalized spacial score (nSPS) is 12.2. The van der Waals surface area contributed by atoms with Crippen molar-refractivity contribution in [3.63, 3.8) is 0 Å². The smallest absolute Gasteiger partial charge is 0.151 e. The first-order valence-corrected chi connectivity index (χ1v) is 6.61. The van der Waals surface area contributed by atoms with Crippen LogP contribution in [0.3, 0.4) is 0 Å². The number of aryl methyl sites for hydroxylation is 1. The number of nitrogens with zero attached hydrogens (tertiary/aromatic N) is 2. The lowest BCUT2D eigenvalue weighted by molar-refractivity contribution is 0.0727. The van der Waals surface area contributed by atoms with Gasteiger partial charge in [0.05, 0.1) is 18.4 Å². The van der Waals surface area contributed by atoms with E-state index in [4.69, 9.17) is 4.74 Å². The van der Waals surface area contributed by atoms with Crippen molar-refractivity contribution in [3.05, 3.63) is 41.7 Å². The van der Waals surface area contributed by atoms with E-state index in [-0.39, 0.29) is 12.4 Å². The number of aliphatic hydroxyl groups excluding tert-OH is 1. The molecule has 0 aliphatic heterocycles. The third kappa shape index (κ3) is 4.21. The summed E-state index contributed by atoms with van der Waals surface area (Å²) >= 11 is 0. The van der Waals surface area contributed by atoms with Gasteiger partial charge in [-0.1, -0.05) is 12.1 Å². The maximum Gasteiger partial charge on any atom is 0.151 e. The van der Waals surface area contributed by atoms with Crippen LogP contribution >= 0.6 is 0 Å². The van der Waals surface area contributed by atoms with Gasteiger partial charge in [-0.15, -0.1) is 10.2 Å². The van der Waals surface area contributed by atoms with Crippen LogP contribution < -0.4 is 5.32 Å². The maximum absolute atomic E-state index is 13.2. The van der Waals surface area contributed by atoms with Crippen molar-refractivity contribution in [1.29, 1.82) is 0 Å². The molecule has 0 unspecified atom stereocenters. The average molecular weight is 291 g/mol. The molecule has 1 aromatic heterocycles. The predicted molar refractivity (Wildman–Crippen MR) is 78.5 cm³/mol. The molecule has 6 heteroatoms. The summed E-state index contributed by atoms with van der Waals surface area (Å²) in [4.78, 5) is 0. The van der Waals surface area contributed by atoms with Gasteiger partial charge in [-0.2, -0.15) is 0 Å². The van der Waals surface area contributed by atoms with Crippen molar-refractivity contribution < 1.29 is 14.2 Å². The molecule has 0 fully saturated rings. The number of rotatable bonds is 6. The van der Waals surface area contributed by atoms with Crippen molar-refractivity contribution in [2.45, 2.75) is 13.0 Å². The minimum atomic E-state index is -0.612. The molecule has 1 heterocycles. The maximum atomic E-state index is 13.2. The van der Waals surface area contributed by atoms with Crippen molar-refractivity contribution in [3.8, 4) is 11.3 Å².